The second-order valence-corrected chi connectivity index (χ2v) is 4.18. The van der Waals surface area contributed by atoms with Gasteiger partial charge in [-0.05, 0) is 24.5 Å². The summed E-state index contributed by atoms with van der Waals surface area (Å²) in [4.78, 5) is 0. The van der Waals surface area contributed by atoms with Crippen molar-refractivity contribution in [3.8, 4) is 5.75 Å². The Morgan fingerprint density at radius 1 is 0.913 bits per heavy atom. The van der Waals surface area contributed by atoms with Crippen LogP contribution in [-0.4, -0.2) is 13.2 Å². The third-order valence-electron chi connectivity index (χ3n) is 2.06. The maximum Gasteiger partial charge on any atom is 0.306 e. The van der Waals surface area contributed by atoms with Crippen LogP contribution < -0.4 is 4.74 Å². The summed E-state index contributed by atoms with van der Waals surface area (Å²) in [7, 11) is 5.00. The molecule has 0 saturated heterocycles. The highest BCUT2D eigenvalue weighted by atomic mass is 35.7. The van der Waals surface area contributed by atoms with Gasteiger partial charge in [-0.3, -0.25) is 0 Å². The lowest BCUT2D eigenvalue weighted by Gasteiger charge is -2.10. The maximum absolute atomic E-state index is 13.2. The lowest BCUT2D eigenvalue weighted by molar-refractivity contribution is 0.285. The highest BCUT2D eigenvalue weighted by Crippen LogP contribution is 2.35. The molecule has 0 unspecified atom stereocenters. The largest absolute Gasteiger partial charge is 0.488 e. The molecular weight excluding hydrogens is 377 g/mol. The summed E-state index contributed by atoms with van der Waals surface area (Å²) in [6.07, 6.45) is -3.10. The molecule has 0 spiro atoms. The third kappa shape index (κ3) is 5.78. The summed E-state index contributed by atoms with van der Waals surface area (Å²) in [6, 6.07) is 0. The summed E-state index contributed by atoms with van der Waals surface area (Å²) in [6.45, 7) is 3.50. The molecule has 2 nitrogen and oxygen atoms in total. The SMILES string of the molecule is CCOSCl.CCOc1c(F)c(F)c(C(F)=C(F)F)c(F)c1F. The van der Waals surface area contributed by atoms with Crippen LogP contribution in [-0.2, 0) is 4.18 Å². The Morgan fingerprint density at radius 2 is 1.39 bits per heavy atom. The molecule has 1 aromatic rings. The zero-order chi connectivity index (χ0) is 18.2. The predicted molar refractivity (Wildman–Crippen MR) is 72.8 cm³/mol. The van der Waals surface area contributed by atoms with Gasteiger partial charge in [0.2, 0.25) is 17.5 Å². The second kappa shape index (κ2) is 10.6. The Morgan fingerprint density at radius 3 is 1.65 bits per heavy atom. The van der Waals surface area contributed by atoms with Crippen molar-refractivity contribution in [1.82, 2.24) is 0 Å². The fourth-order valence-electron chi connectivity index (χ4n) is 1.21. The Bertz CT molecular complexity index is 534. The number of benzene rings is 1. The van der Waals surface area contributed by atoms with Gasteiger partial charge in [-0.15, -0.1) is 0 Å². The van der Waals surface area contributed by atoms with Crippen molar-refractivity contribution in [2.45, 2.75) is 13.8 Å². The summed E-state index contributed by atoms with van der Waals surface area (Å²) in [5.74, 6) is -12.8. The monoisotopic (exact) mass is 386 g/mol. The molecule has 132 valence electrons. The van der Waals surface area contributed by atoms with Crippen LogP contribution in [0.1, 0.15) is 19.4 Å². The van der Waals surface area contributed by atoms with Gasteiger partial charge in [0.15, 0.2) is 17.4 Å². The van der Waals surface area contributed by atoms with Gasteiger partial charge in [0.1, 0.15) is 11.3 Å². The van der Waals surface area contributed by atoms with Crippen LogP contribution in [0.5, 0.6) is 5.75 Å². The molecule has 0 heterocycles. The van der Waals surface area contributed by atoms with E-state index in [9.17, 15) is 30.7 Å². The van der Waals surface area contributed by atoms with Gasteiger partial charge in [0.25, 0.3) is 0 Å². The first-order valence-electron chi connectivity index (χ1n) is 5.84. The van der Waals surface area contributed by atoms with E-state index >= 15 is 0 Å². The van der Waals surface area contributed by atoms with Gasteiger partial charge in [0.05, 0.1) is 18.8 Å². The van der Waals surface area contributed by atoms with Gasteiger partial charge >= 0.3 is 6.08 Å². The fraction of sp³-hybridized carbons (Fsp3) is 0.333. The average molecular weight is 387 g/mol. The van der Waals surface area contributed by atoms with Crippen molar-refractivity contribution in [1.29, 1.82) is 0 Å². The minimum absolute atomic E-state index is 0.331. The van der Waals surface area contributed by atoms with E-state index in [2.05, 4.69) is 8.92 Å². The van der Waals surface area contributed by atoms with Crippen molar-refractivity contribution in [3.05, 3.63) is 34.9 Å². The van der Waals surface area contributed by atoms with Crippen molar-refractivity contribution in [3.63, 3.8) is 0 Å². The summed E-state index contributed by atoms with van der Waals surface area (Å²) in [5, 5.41) is 0. The summed E-state index contributed by atoms with van der Waals surface area (Å²) < 4.78 is 98.0. The lowest BCUT2D eigenvalue weighted by Crippen LogP contribution is -2.07. The topological polar surface area (TPSA) is 18.5 Å². The van der Waals surface area contributed by atoms with Crippen LogP contribution >= 0.6 is 21.9 Å². The Labute approximate surface area is 135 Å². The van der Waals surface area contributed by atoms with E-state index < -0.39 is 46.5 Å². The molecule has 0 atom stereocenters. The van der Waals surface area contributed by atoms with Crippen LogP contribution in [0.4, 0.5) is 30.7 Å². The molecule has 23 heavy (non-hydrogen) atoms. The molecule has 0 saturated carbocycles. The van der Waals surface area contributed by atoms with Gasteiger partial charge in [0, 0.05) is 0 Å². The smallest absolute Gasteiger partial charge is 0.306 e. The highest BCUT2D eigenvalue weighted by molar-refractivity contribution is 8.17. The average Bonchev–Trinajstić information content (AvgIpc) is 2.51. The van der Waals surface area contributed by atoms with Crippen LogP contribution in [0.25, 0.3) is 5.83 Å². The predicted octanol–water partition coefficient (Wildman–Crippen LogP) is 6.00. The van der Waals surface area contributed by atoms with Gasteiger partial charge < -0.3 is 8.92 Å². The van der Waals surface area contributed by atoms with Crippen LogP contribution in [0, 0.1) is 23.3 Å². The minimum Gasteiger partial charge on any atom is -0.488 e. The molecule has 0 fully saturated rings. The van der Waals surface area contributed by atoms with E-state index in [4.69, 9.17) is 10.7 Å². The van der Waals surface area contributed by atoms with Crippen molar-refractivity contribution in [2.24, 2.45) is 0 Å². The van der Waals surface area contributed by atoms with E-state index in [-0.39, 0.29) is 6.61 Å². The molecule has 0 aliphatic heterocycles. The van der Waals surface area contributed by atoms with Crippen molar-refractivity contribution >= 4 is 27.8 Å². The molecule has 0 amide bonds. The Kier molecular flexibility index (Phi) is 10.1. The molecule has 0 bridgehead atoms. The molecule has 11 heteroatoms. The normalized spacial score (nSPS) is 10.0. The maximum atomic E-state index is 13.2. The number of ether oxygens (including phenoxy) is 1. The standard InChI is InChI=1S/C10H5F7O.C2H5ClOS/c1-2-18-9-7(14)4(11)3(5(12)8(9)15)6(13)10(16)17;1-2-4-5-3/h2H2,1H3;2H2,1H3. The zero-order valence-corrected chi connectivity index (χ0v) is 13.2. The molecule has 1 rings (SSSR count). The summed E-state index contributed by atoms with van der Waals surface area (Å²) in [5.41, 5.74) is -2.10. The molecule has 0 radical (unpaired) electrons. The van der Waals surface area contributed by atoms with Crippen LogP contribution in [0.2, 0.25) is 0 Å². The zero-order valence-electron chi connectivity index (χ0n) is 11.7. The number of hydrogen-bond acceptors (Lipinski definition) is 3. The van der Waals surface area contributed by atoms with E-state index in [1.165, 1.54) is 6.92 Å². The van der Waals surface area contributed by atoms with Gasteiger partial charge in [-0.2, -0.15) is 17.6 Å². The molecule has 1 aromatic carbocycles. The highest BCUT2D eigenvalue weighted by Gasteiger charge is 2.30. The van der Waals surface area contributed by atoms with Gasteiger partial charge in [-0.25, -0.2) is 13.2 Å². The Hall–Kier alpha value is -1.13. The fourth-order valence-corrected chi connectivity index (χ4v) is 1.57. The molecule has 0 aliphatic rings. The van der Waals surface area contributed by atoms with E-state index in [1.807, 2.05) is 6.92 Å². The van der Waals surface area contributed by atoms with Gasteiger partial charge in [-0.1, -0.05) is 0 Å². The van der Waals surface area contributed by atoms with Crippen LogP contribution in [0.3, 0.4) is 0 Å². The van der Waals surface area contributed by atoms with Crippen molar-refractivity contribution < 1.29 is 39.7 Å². The summed E-state index contributed by atoms with van der Waals surface area (Å²) >= 11 is 0.874. The molecule has 0 N–H and O–H groups in total. The molecule has 0 aromatic heterocycles. The number of hydrogen-bond donors (Lipinski definition) is 0. The minimum atomic E-state index is -3.10. The van der Waals surface area contributed by atoms with E-state index in [0.29, 0.717) is 6.61 Å². The second-order valence-electron chi connectivity index (χ2n) is 3.44. The van der Waals surface area contributed by atoms with Crippen LogP contribution in [0.15, 0.2) is 6.08 Å². The molecular formula is C12H10ClF7O2S. The van der Waals surface area contributed by atoms with Crippen molar-refractivity contribution in [2.75, 3.05) is 13.2 Å². The third-order valence-corrected chi connectivity index (χ3v) is 2.65. The first-order chi connectivity index (χ1) is 10.7. The quantitative estimate of drug-likeness (QED) is 0.351. The first kappa shape index (κ1) is 21.9. The van der Waals surface area contributed by atoms with E-state index in [0.717, 1.165) is 11.3 Å². The first-order valence-corrected chi connectivity index (χ1v) is 7.41. The Balaban J connectivity index is 0.000000841. The number of halogens is 8. The lowest BCUT2D eigenvalue weighted by atomic mass is 10.1. The number of rotatable bonds is 5. The van der Waals surface area contributed by atoms with E-state index in [1.54, 1.807) is 0 Å². The molecule has 0 aliphatic carbocycles.